The van der Waals surface area contributed by atoms with Gasteiger partial charge in [0.25, 0.3) is 0 Å². The van der Waals surface area contributed by atoms with Gasteiger partial charge < -0.3 is 0 Å². The van der Waals surface area contributed by atoms with Crippen LogP contribution in [0.25, 0.3) is 0 Å². The van der Waals surface area contributed by atoms with Gasteiger partial charge in [-0.3, -0.25) is 14.6 Å². The van der Waals surface area contributed by atoms with Crippen molar-refractivity contribution in [2.24, 2.45) is 0 Å². The Hall–Kier alpha value is -2.39. The molecule has 1 heterocycles. The summed E-state index contributed by atoms with van der Waals surface area (Å²) in [5, 5.41) is 0. The van der Waals surface area contributed by atoms with Crippen LogP contribution < -0.4 is 0 Å². The Morgan fingerprint density at radius 2 is 1.38 bits per heavy atom. The summed E-state index contributed by atoms with van der Waals surface area (Å²) in [4.78, 5) is 18.1. The molecule has 2 aliphatic rings. The second kappa shape index (κ2) is 11.6. The number of hydrogen-bond acceptors (Lipinski definition) is 3. The van der Waals surface area contributed by atoms with Crippen molar-refractivity contribution in [3.8, 4) is 0 Å². The van der Waals surface area contributed by atoms with Crippen LogP contribution in [0.5, 0.6) is 0 Å². The van der Waals surface area contributed by atoms with Gasteiger partial charge in [-0.2, -0.15) is 26.3 Å². The first kappa shape index (κ1) is 27.6. The molecule has 1 unspecified atom stereocenters. The molecular weight excluding hydrogens is 494 g/mol. The van der Waals surface area contributed by atoms with E-state index in [2.05, 4.69) is 9.80 Å². The summed E-state index contributed by atoms with van der Waals surface area (Å²) in [5.41, 5.74) is -2.07. The molecule has 2 fully saturated rings. The molecule has 202 valence electrons. The third-order valence-electron chi connectivity index (χ3n) is 7.53. The van der Waals surface area contributed by atoms with Gasteiger partial charge in [-0.1, -0.05) is 49.6 Å². The van der Waals surface area contributed by atoms with Crippen molar-refractivity contribution in [3.05, 3.63) is 70.8 Å². The highest BCUT2D eigenvalue weighted by atomic mass is 19.4. The van der Waals surface area contributed by atoms with E-state index < -0.39 is 29.5 Å². The van der Waals surface area contributed by atoms with Crippen LogP contribution in [0.4, 0.5) is 26.3 Å². The van der Waals surface area contributed by atoms with Crippen molar-refractivity contribution in [1.29, 1.82) is 0 Å². The number of ketones is 1. The Morgan fingerprint density at radius 1 is 0.811 bits per heavy atom. The lowest BCUT2D eigenvalue weighted by atomic mass is 9.92. The van der Waals surface area contributed by atoms with Crippen molar-refractivity contribution >= 4 is 5.78 Å². The van der Waals surface area contributed by atoms with Gasteiger partial charge in [-0.15, -0.1) is 0 Å². The SMILES string of the molecule is O=C(CCc1cc(C(F)(F)F)cc(C(F)(F)F)c1)C(c1ccccc1)N1CCN(C2CCCCC2)CC1. The molecule has 0 aromatic heterocycles. The lowest BCUT2D eigenvalue weighted by Gasteiger charge is -2.43. The van der Waals surface area contributed by atoms with Crippen LogP contribution in [-0.2, 0) is 23.6 Å². The van der Waals surface area contributed by atoms with Crippen molar-refractivity contribution in [1.82, 2.24) is 9.80 Å². The highest BCUT2D eigenvalue weighted by molar-refractivity contribution is 5.85. The number of piperazine rings is 1. The summed E-state index contributed by atoms with van der Waals surface area (Å²) in [6.07, 6.45) is -4.04. The third kappa shape index (κ3) is 7.13. The van der Waals surface area contributed by atoms with Crippen LogP contribution in [0.2, 0.25) is 0 Å². The number of carbonyl (C=O) groups is 1. The van der Waals surface area contributed by atoms with E-state index in [0.717, 1.165) is 18.7 Å². The van der Waals surface area contributed by atoms with Crippen molar-refractivity contribution < 1.29 is 31.1 Å². The van der Waals surface area contributed by atoms with Crippen molar-refractivity contribution in [2.45, 2.75) is 69.4 Å². The number of alkyl halides is 6. The molecule has 3 nitrogen and oxygen atoms in total. The Bertz CT molecular complexity index is 1010. The van der Waals surface area contributed by atoms with E-state index in [1.807, 2.05) is 30.3 Å². The molecule has 1 saturated carbocycles. The fourth-order valence-corrected chi connectivity index (χ4v) is 5.61. The molecule has 1 saturated heterocycles. The smallest absolute Gasteiger partial charge is 0.298 e. The van der Waals surface area contributed by atoms with Crippen LogP contribution in [0.3, 0.4) is 0 Å². The monoisotopic (exact) mass is 526 g/mol. The van der Waals surface area contributed by atoms with E-state index in [9.17, 15) is 31.1 Å². The molecule has 37 heavy (non-hydrogen) atoms. The zero-order valence-electron chi connectivity index (χ0n) is 20.6. The molecule has 0 spiro atoms. The van der Waals surface area contributed by atoms with Gasteiger partial charge in [0.15, 0.2) is 5.78 Å². The van der Waals surface area contributed by atoms with Gasteiger partial charge in [0.05, 0.1) is 17.2 Å². The molecule has 9 heteroatoms. The number of halogens is 6. The summed E-state index contributed by atoms with van der Waals surface area (Å²) < 4.78 is 79.5. The molecular formula is C28H32F6N2O. The normalized spacial score (nSPS) is 19.6. The molecule has 1 aliphatic carbocycles. The van der Waals surface area contributed by atoms with Crippen LogP contribution in [0.1, 0.15) is 66.8 Å². The third-order valence-corrected chi connectivity index (χ3v) is 7.53. The van der Waals surface area contributed by atoms with Gasteiger partial charge in [0.2, 0.25) is 0 Å². The summed E-state index contributed by atoms with van der Waals surface area (Å²) in [7, 11) is 0. The minimum atomic E-state index is -4.91. The Labute approximate surface area is 213 Å². The van der Waals surface area contributed by atoms with E-state index >= 15 is 0 Å². The summed E-state index contributed by atoms with van der Waals surface area (Å²) in [6.45, 7) is 3.04. The number of nitrogens with zero attached hydrogens (tertiary/aromatic N) is 2. The highest BCUT2D eigenvalue weighted by Gasteiger charge is 2.37. The molecule has 0 amide bonds. The zero-order valence-corrected chi connectivity index (χ0v) is 20.6. The standard InChI is InChI=1S/C28H32F6N2O/c29-27(30,31)22-17-20(18-23(19-22)28(32,33)34)11-12-25(37)26(21-7-3-1-4-8-21)36-15-13-35(14-16-36)24-9-5-2-6-10-24/h1,3-4,7-8,17-19,24,26H,2,5-6,9-16H2. The van der Waals surface area contributed by atoms with Gasteiger partial charge in [0.1, 0.15) is 0 Å². The van der Waals surface area contributed by atoms with Crippen LogP contribution in [0.15, 0.2) is 48.5 Å². The lowest BCUT2D eigenvalue weighted by Crippen LogP contribution is -2.52. The Balaban J connectivity index is 1.49. The van der Waals surface area contributed by atoms with E-state index in [1.54, 1.807) is 0 Å². The molecule has 4 rings (SSSR count). The molecule has 0 N–H and O–H groups in total. The summed E-state index contributed by atoms with van der Waals surface area (Å²) >= 11 is 0. The summed E-state index contributed by atoms with van der Waals surface area (Å²) in [6, 6.07) is 10.7. The molecule has 1 atom stereocenters. The van der Waals surface area contributed by atoms with Crippen molar-refractivity contribution in [3.63, 3.8) is 0 Å². The maximum Gasteiger partial charge on any atom is 0.416 e. The number of rotatable bonds is 7. The molecule has 2 aromatic carbocycles. The number of carbonyl (C=O) groups excluding carboxylic acids is 1. The van der Waals surface area contributed by atoms with Gasteiger partial charge >= 0.3 is 12.4 Å². The van der Waals surface area contributed by atoms with Crippen molar-refractivity contribution in [2.75, 3.05) is 26.2 Å². The van der Waals surface area contributed by atoms with Crippen LogP contribution in [0, 0.1) is 0 Å². The quantitative estimate of drug-likeness (QED) is 0.366. The van der Waals surface area contributed by atoms with E-state index in [-0.39, 0.29) is 30.3 Å². The molecule has 0 radical (unpaired) electrons. The van der Waals surface area contributed by atoms with Gasteiger partial charge in [-0.25, -0.2) is 0 Å². The Morgan fingerprint density at radius 3 is 1.92 bits per heavy atom. The van der Waals surface area contributed by atoms with Gasteiger partial charge in [0, 0.05) is 38.6 Å². The van der Waals surface area contributed by atoms with Gasteiger partial charge in [-0.05, 0) is 48.6 Å². The van der Waals surface area contributed by atoms with E-state index in [1.165, 1.54) is 32.1 Å². The summed E-state index contributed by atoms with van der Waals surface area (Å²) in [5.74, 6) is -0.205. The number of hydrogen-bond donors (Lipinski definition) is 0. The maximum absolute atomic E-state index is 13.5. The van der Waals surface area contributed by atoms with E-state index in [4.69, 9.17) is 0 Å². The second-order valence-corrected chi connectivity index (χ2v) is 10.1. The average Bonchev–Trinajstić information content (AvgIpc) is 2.88. The molecule has 0 bridgehead atoms. The predicted molar refractivity (Wildman–Crippen MR) is 129 cm³/mol. The predicted octanol–water partition coefficient (Wildman–Crippen LogP) is 6.92. The minimum absolute atomic E-state index is 0.115. The van der Waals surface area contributed by atoms with E-state index in [0.29, 0.717) is 31.3 Å². The van der Waals surface area contributed by atoms with Crippen LogP contribution in [-0.4, -0.2) is 47.8 Å². The first-order chi connectivity index (χ1) is 17.5. The highest BCUT2D eigenvalue weighted by Crippen LogP contribution is 2.37. The number of aryl methyl sites for hydroxylation is 1. The topological polar surface area (TPSA) is 23.6 Å². The lowest BCUT2D eigenvalue weighted by molar-refractivity contribution is -0.143. The molecule has 2 aromatic rings. The fraction of sp³-hybridized carbons (Fsp3) is 0.536. The fourth-order valence-electron chi connectivity index (χ4n) is 5.61. The maximum atomic E-state index is 13.5. The average molecular weight is 527 g/mol. The largest absolute Gasteiger partial charge is 0.416 e. The number of benzene rings is 2. The Kier molecular flexibility index (Phi) is 8.63. The minimum Gasteiger partial charge on any atom is -0.298 e. The number of Topliss-reactive ketones (excluding diaryl/α,β-unsaturated/α-hetero) is 1. The second-order valence-electron chi connectivity index (χ2n) is 10.1. The first-order valence-corrected chi connectivity index (χ1v) is 12.9. The first-order valence-electron chi connectivity index (χ1n) is 12.9. The van der Waals surface area contributed by atoms with Crippen LogP contribution >= 0.6 is 0 Å². The molecule has 1 aliphatic heterocycles. The zero-order chi connectivity index (χ0) is 26.6.